The number of hydrogen-bond acceptors (Lipinski definition) is 8. The van der Waals surface area contributed by atoms with E-state index in [4.69, 9.17) is 16.3 Å². The molecule has 0 bridgehead atoms. The van der Waals surface area contributed by atoms with E-state index in [9.17, 15) is 19.1 Å². The smallest absolute Gasteiger partial charge is 0.413 e. The Morgan fingerprint density at radius 2 is 2.03 bits per heavy atom. The van der Waals surface area contributed by atoms with Crippen LogP contribution in [0.25, 0.3) is 10.2 Å². The van der Waals surface area contributed by atoms with Crippen LogP contribution in [-0.2, 0) is 17.7 Å². The minimum Gasteiger partial charge on any atom is -0.465 e. The summed E-state index contributed by atoms with van der Waals surface area (Å²) < 4.78 is 19.1. The molecule has 0 saturated carbocycles. The third kappa shape index (κ3) is 6.27. The third-order valence-electron chi connectivity index (χ3n) is 4.38. The molecule has 0 unspecified atom stereocenters. The molecule has 0 aliphatic heterocycles. The van der Waals surface area contributed by atoms with Crippen LogP contribution < -0.4 is 10.2 Å². The van der Waals surface area contributed by atoms with Crippen molar-refractivity contribution < 1.29 is 23.8 Å². The predicted octanol–water partition coefficient (Wildman–Crippen LogP) is 5.39. The van der Waals surface area contributed by atoms with Crippen molar-refractivity contribution in [2.45, 2.75) is 59.2 Å². The number of halogens is 2. The number of thiophene rings is 1. The van der Waals surface area contributed by atoms with Crippen molar-refractivity contribution in [1.82, 2.24) is 20.3 Å². The van der Waals surface area contributed by atoms with Gasteiger partial charge in [-0.05, 0) is 51.8 Å². The van der Waals surface area contributed by atoms with Gasteiger partial charge in [0.1, 0.15) is 10.6 Å². The number of alkyl carbamates (subject to hydrolysis) is 1. The molecule has 3 heterocycles. The van der Waals surface area contributed by atoms with Crippen LogP contribution in [0.2, 0.25) is 5.28 Å². The number of nitrogens with one attached hydrogen (secondary N) is 1. The fourth-order valence-corrected chi connectivity index (χ4v) is 5.20. The second kappa shape index (κ2) is 9.74. The molecule has 178 valence electrons. The maximum atomic E-state index is 13.3. The van der Waals surface area contributed by atoms with Crippen LogP contribution in [0, 0.1) is 12.9 Å². The number of hydrogen-bond donors (Lipinski definition) is 2. The zero-order valence-corrected chi connectivity index (χ0v) is 21.0. The summed E-state index contributed by atoms with van der Waals surface area (Å²) in [6, 6.07) is -0.257. The summed E-state index contributed by atoms with van der Waals surface area (Å²) in [7, 11) is 0. The number of rotatable bonds is 6. The number of aromatic nitrogens is 3. The van der Waals surface area contributed by atoms with Crippen LogP contribution in [0.3, 0.4) is 0 Å². The van der Waals surface area contributed by atoms with Gasteiger partial charge in [0.25, 0.3) is 0 Å². The number of amides is 2. The van der Waals surface area contributed by atoms with E-state index >= 15 is 0 Å². The number of carboxylic acid groups (broad SMARTS) is 1. The van der Waals surface area contributed by atoms with Gasteiger partial charge in [-0.15, -0.1) is 22.7 Å². The number of aryl methyl sites for hydroxylation is 1. The van der Waals surface area contributed by atoms with Crippen molar-refractivity contribution >= 4 is 62.5 Å². The molecule has 13 heteroatoms. The molecule has 0 saturated heterocycles. The van der Waals surface area contributed by atoms with Gasteiger partial charge in [-0.3, -0.25) is 4.90 Å². The molecule has 0 aliphatic rings. The van der Waals surface area contributed by atoms with E-state index in [2.05, 4.69) is 20.3 Å². The van der Waals surface area contributed by atoms with Crippen LogP contribution in [0.5, 0.6) is 0 Å². The van der Waals surface area contributed by atoms with E-state index < -0.39 is 23.7 Å². The molecule has 9 nitrogen and oxygen atoms in total. The molecule has 3 aromatic heterocycles. The Labute approximate surface area is 202 Å². The largest absolute Gasteiger partial charge is 0.465 e. The first kappa shape index (κ1) is 25.1. The van der Waals surface area contributed by atoms with Gasteiger partial charge >= 0.3 is 12.2 Å². The highest BCUT2D eigenvalue weighted by atomic mass is 35.5. The van der Waals surface area contributed by atoms with E-state index in [0.717, 1.165) is 26.7 Å². The third-order valence-corrected chi connectivity index (χ3v) is 6.65. The molecule has 0 radical (unpaired) electrons. The fraction of sp³-hybridized carbons (Fsp3) is 0.450. The van der Waals surface area contributed by atoms with Crippen LogP contribution in [0.15, 0.2) is 5.38 Å². The summed E-state index contributed by atoms with van der Waals surface area (Å²) in [5, 5.41) is 14.0. The van der Waals surface area contributed by atoms with Crippen molar-refractivity contribution in [3.05, 3.63) is 32.1 Å². The predicted molar refractivity (Wildman–Crippen MR) is 126 cm³/mol. The van der Waals surface area contributed by atoms with Gasteiger partial charge in [0.15, 0.2) is 5.82 Å². The number of carbonyl (C=O) groups excluding carboxylic acids is 1. The highest BCUT2D eigenvalue weighted by molar-refractivity contribution is 7.19. The van der Waals surface area contributed by atoms with Crippen LogP contribution in [0.4, 0.5) is 19.8 Å². The molecule has 0 aromatic carbocycles. The fourth-order valence-electron chi connectivity index (χ4n) is 3.04. The number of thiazole rings is 1. The zero-order valence-electron chi connectivity index (χ0n) is 18.6. The van der Waals surface area contributed by atoms with E-state index in [1.54, 1.807) is 20.8 Å². The van der Waals surface area contributed by atoms with Gasteiger partial charge in [-0.1, -0.05) is 0 Å². The number of nitrogens with zero attached hydrogens (tertiary/aromatic N) is 4. The van der Waals surface area contributed by atoms with Crippen molar-refractivity contribution in [1.29, 1.82) is 0 Å². The number of ether oxygens (including phenoxy) is 1. The van der Waals surface area contributed by atoms with Crippen LogP contribution in [0.1, 0.15) is 43.1 Å². The molecule has 2 amide bonds. The Balaban J connectivity index is 1.92. The first-order valence-corrected chi connectivity index (χ1v) is 12.0. The SMILES string of the molecule is Cc1c(C[C@H](C)NC(=O)OC(C)(C)C)sc2c(N(Cc3nc(F)cs3)C(=O)O)nc(Cl)nc12. The molecule has 33 heavy (non-hydrogen) atoms. The molecule has 1 atom stereocenters. The highest BCUT2D eigenvalue weighted by Crippen LogP contribution is 2.37. The Hall–Kier alpha value is -2.57. The molecule has 0 aliphatic carbocycles. The molecule has 2 N–H and O–H groups in total. The van der Waals surface area contributed by atoms with Crippen molar-refractivity contribution in [2.24, 2.45) is 0 Å². The minimum atomic E-state index is -1.28. The normalized spacial score (nSPS) is 12.6. The quantitative estimate of drug-likeness (QED) is 0.422. The monoisotopic (exact) mass is 515 g/mol. The lowest BCUT2D eigenvalue weighted by atomic mass is 10.1. The Morgan fingerprint density at radius 3 is 2.61 bits per heavy atom. The van der Waals surface area contributed by atoms with Gasteiger partial charge < -0.3 is 15.2 Å². The summed E-state index contributed by atoms with van der Waals surface area (Å²) in [5.74, 6) is -0.577. The van der Waals surface area contributed by atoms with Gasteiger partial charge in [-0.25, -0.2) is 19.6 Å². The molecule has 3 aromatic rings. The second-order valence-corrected chi connectivity index (χ2v) is 10.7. The van der Waals surface area contributed by atoms with Crippen LogP contribution >= 0.6 is 34.3 Å². The lowest BCUT2D eigenvalue weighted by Gasteiger charge is -2.21. The number of carbonyl (C=O) groups is 2. The first-order valence-electron chi connectivity index (χ1n) is 9.89. The average Bonchev–Trinajstić information content (AvgIpc) is 3.21. The van der Waals surface area contributed by atoms with Gasteiger partial charge in [-0.2, -0.15) is 9.37 Å². The van der Waals surface area contributed by atoms with Crippen molar-refractivity contribution in [3.63, 3.8) is 0 Å². The second-order valence-electron chi connectivity index (χ2n) is 8.33. The van der Waals surface area contributed by atoms with Crippen molar-refractivity contribution in [2.75, 3.05) is 4.90 Å². The minimum absolute atomic E-state index is 0.0974. The van der Waals surface area contributed by atoms with Crippen LogP contribution in [-0.4, -0.2) is 43.9 Å². The molecular weight excluding hydrogens is 493 g/mol. The summed E-state index contributed by atoms with van der Waals surface area (Å²) in [6.07, 6.45) is -1.34. The van der Waals surface area contributed by atoms with E-state index in [1.165, 1.54) is 16.7 Å². The topological polar surface area (TPSA) is 118 Å². The molecule has 3 rings (SSSR count). The Bertz CT molecular complexity index is 1190. The maximum Gasteiger partial charge on any atom is 0.413 e. The average molecular weight is 516 g/mol. The summed E-state index contributed by atoms with van der Waals surface area (Å²) >= 11 is 8.44. The van der Waals surface area contributed by atoms with E-state index in [1.807, 2.05) is 13.8 Å². The molecule has 0 spiro atoms. The number of anilines is 1. The summed E-state index contributed by atoms with van der Waals surface area (Å²) in [6.45, 7) is 8.86. The van der Waals surface area contributed by atoms with Crippen molar-refractivity contribution in [3.8, 4) is 0 Å². The highest BCUT2D eigenvalue weighted by Gasteiger charge is 2.26. The first-order chi connectivity index (χ1) is 15.3. The Kier molecular flexibility index (Phi) is 7.39. The zero-order chi connectivity index (χ0) is 24.5. The standard InChI is InChI=1S/C20H23ClFN5O4S2/c1-9(23-18(28)31-20(3,4)5)6-11-10(2)14-15(33-11)16(26-17(21)25-14)27(19(29)30)7-13-24-12(22)8-32-13/h8-9H,6-7H2,1-5H3,(H,23,28)(H,29,30)/t9-/m0/s1. The molecular formula is C20H23ClFN5O4S2. The lowest BCUT2D eigenvalue weighted by molar-refractivity contribution is 0.0508. The summed E-state index contributed by atoms with van der Waals surface area (Å²) in [5.41, 5.74) is 0.717. The Morgan fingerprint density at radius 1 is 1.33 bits per heavy atom. The van der Waals surface area contributed by atoms with Gasteiger partial charge in [0.2, 0.25) is 11.2 Å². The van der Waals surface area contributed by atoms with E-state index in [-0.39, 0.29) is 28.7 Å². The van der Waals surface area contributed by atoms with Gasteiger partial charge in [0, 0.05) is 22.7 Å². The summed E-state index contributed by atoms with van der Waals surface area (Å²) in [4.78, 5) is 38.1. The van der Waals surface area contributed by atoms with E-state index in [0.29, 0.717) is 16.6 Å². The maximum absolute atomic E-state index is 13.3. The molecule has 0 fully saturated rings. The number of fused-ring (bicyclic) bond motifs is 1. The lowest BCUT2D eigenvalue weighted by Crippen LogP contribution is -2.38. The van der Waals surface area contributed by atoms with Gasteiger partial charge in [0.05, 0.1) is 16.8 Å².